The molecule has 0 bridgehead atoms. The van der Waals surface area contributed by atoms with Crippen LogP contribution in [-0.2, 0) is 9.59 Å². The molecule has 2 N–H and O–H groups in total. The average molecular weight is 462 g/mol. The van der Waals surface area contributed by atoms with Crippen LogP contribution >= 0.6 is 11.8 Å². The predicted molar refractivity (Wildman–Crippen MR) is 122 cm³/mol. The molecule has 2 aromatic rings. The van der Waals surface area contributed by atoms with Crippen LogP contribution in [0.3, 0.4) is 0 Å². The molecule has 2 fully saturated rings. The van der Waals surface area contributed by atoms with Crippen molar-refractivity contribution in [3.8, 4) is 12.1 Å². The number of anilines is 1. The van der Waals surface area contributed by atoms with E-state index in [0.29, 0.717) is 59.3 Å². The Balaban J connectivity index is 1.81. The Kier molecular flexibility index (Phi) is 6.76. The van der Waals surface area contributed by atoms with Gasteiger partial charge < -0.3 is 15.5 Å². The molecule has 1 saturated carbocycles. The van der Waals surface area contributed by atoms with Crippen molar-refractivity contribution in [2.24, 2.45) is 5.73 Å². The van der Waals surface area contributed by atoms with Crippen LogP contribution in [0.1, 0.15) is 52.7 Å². The van der Waals surface area contributed by atoms with Gasteiger partial charge in [-0.2, -0.15) is 10.5 Å². The summed E-state index contributed by atoms with van der Waals surface area (Å²) < 4.78 is 0. The van der Waals surface area contributed by atoms with E-state index < -0.39 is 11.2 Å². The van der Waals surface area contributed by atoms with Crippen molar-refractivity contribution in [2.45, 2.75) is 35.5 Å². The number of carbonyl (C=O) groups excluding carboxylic acids is 2. The summed E-state index contributed by atoms with van der Waals surface area (Å²) in [6, 6.07) is 7.96. The molecule has 10 heteroatoms. The number of thioether (sulfide) groups is 1. The molecule has 2 amide bonds. The highest BCUT2D eigenvalue weighted by Gasteiger charge is 2.35. The highest BCUT2D eigenvalue weighted by Crippen LogP contribution is 2.48. The third-order valence-electron chi connectivity index (χ3n) is 5.87. The normalized spacial score (nSPS) is 16.9. The van der Waals surface area contributed by atoms with Crippen LogP contribution in [-0.4, -0.2) is 53.4 Å². The molecule has 1 unspecified atom stereocenters. The summed E-state index contributed by atoms with van der Waals surface area (Å²) in [6.07, 6.45) is 6.55. The van der Waals surface area contributed by atoms with Crippen molar-refractivity contribution >= 4 is 29.9 Å². The number of pyridine rings is 2. The minimum atomic E-state index is -0.755. The van der Waals surface area contributed by atoms with Gasteiger partial charge in [-0.3, -0.25) is 14.6 Å². The van der Waals surface area contributed by atoms with Crippen LogP contribution in [0.25, 0.3) is 0 Å². The number of hydrogen-bond donors (Lipinski definition) is 1. The topological polar surface area (TPSA) is 140 Å². The Morgan fingerprint density at radius 1 is 1.15 bits per heavy atom. The molecule has 0 radical (unpaired) electrons. The molecule has 1 atom stereocenters. The van der Waals surface area contributed by atoms with Gasteiger partial charge in [0.2, 0.25) is 12.3 Å². The number of rotatable bonds is 7. The van der Waals surface area contributed by atoms with Crippen molar-refractivity contribution in [1.29, 1.82) is 10.5 Å². The summed E-state index contributed by atoms with van der Waals surface area (Å²) >= 11 is 1.13. The molecule has 2 aliphatic rings. The van der Waals surface area contributed by atoms with E-state index in [1.807, 2.05) is 4.90 Å². The number of carbonyl (C=O) groups is 2. The number of nitriles is 2. The van der Waals surface area contributed by atoms with Gasteiger partial charge >= 0.3 is 0 Å². The second-order valence-electron chi connectivity index (χ2n) is 8.06. The van der Waals surface area contributed by atoms with Gasteiger partial charge in [0.25, 0.3) is 0 Å². The van der Waals surface area contributed by atoms with Crippen LogP contribution in [0.2, 0.25) is 0 Å². The van der Waals surface area contributed by atoms with Crippen LogP contribution in [0, 0.1) is 22.7 Å². The molecule has 9 nitrogen and oxygen atoms in total. The van der Waals surface area contributed by atoms with Crippen molar-refractivity contribution in [2.75, 3.05) is 31.1 Å². The van der Waals surface area contributed by atoms with Gasteiger partial charge in [0, 0.05) is 38.6 Å². The Bertz CT molecular complexity index is 1140. The molecule has 33 heavy (non-hydrogen) atoms. The van der Waals surface area contributed by atoms with Gasteiger partial charge in [-0.1, -0.05) is 11.8 Å². The summed E-state index contributed by atoms with van der Waals surface area (Å²) in [5.74, 6) is 0.0839. The van der Waals surface area contributed by atoms with Gasteiger partial charge in [-0.05, 0) is 48.4 Å². The fourth-order valence-electron chi connectivity index (χ4n) is 4.08. The lowest BCUT2D eigenvalue weighted by Crippen LogP contribution is -2.31. The van der Waals surface area contributed by atoms with Crippen molar-refractivity contribution in [3.05, 3.63) is 46.8 Å². The molecule has 0 aromatic carbocycles. The molecule has 2 aromatic heterocycles. The maximum atomic E-state index is 12.3. The highest BCUT2D eigenvalue weighted by atomic mass is 32.2. The quantitative estimate of drug-likeness (QED) is 0.488. The largest absolute Gasteiger partial charge is 0.368 e. The molecule has 3 heterocycles. The first-order valence-electron chi connectivity index (χ1n) is 10.8. The lowest BCUT2D eigenvalue weighted by molar-refractivity contribution is -0.118. The first-order chi connectivity index (χ1) is 16.1. The minimum absolute atomic E-state index is 0.127. The molecule has 1 aliphatic heterocycles. The zero-order valence-corrected chi connectivity index (χ0v) is 18.8. The molecule has 4 rings (SSSR count). The smallest absolute Gasteiger partial charge is 0.235 e. The van der Waals surface area contributed by atoms with Crippen molar-refractivity contribution in [3.63, 3.8) is 0 Å². The van der Waals surface area contributed by atoms with Gasteiger partial charge in [0.1, 0.15) is 28.2 Å². The Morgan fingerprint density at radius 2 is 1.88 bits per heavy atom. The van der Waals surface area contributed by atoms with E-state index in [0.717, 1.165) is 37.4 Å². The lowest BCUT2D eigenvalue weighted by atomic mass is 9.99. The van der Waals surface area contributed by atoms with Gasteiger partial charge in [-0.25, -0.2) is 4.98 Å². The maximum Gasteiger partial charge on any atom is 0.235 e. The van der Waals surface area contributed by atoms with Gasteiger partial charge in [0.15, 0.2) is 0 Å². The van der Waals surface area contributed by atoms with E-state index in [4.69, 9.17) is 10.7 Å². The van der Waals surface area contributed by atoms with E-state index in [2.05, 4.69) is 17.1 Å². The van der Waals surface area contributed by atoms with E-state index in [-0.39, 0.29) is 5.92 Å². The summed E-state index contributed by atoms with van der Waals surface area (Å²) in [5, 5.41) is 19.7. The summed E-state index contributed by atoms with van der Waals surface area (Å²) in [6.45, 7) is 2.33. The molecule has 0 spiro atoms. The second-order valence-corrected chi connectivity index (χ2v) is 9.16. The molecule has 1 aliphatic carbocycles. The number of aromatic nitrogens is 2. The van der Waals surface area contributed by atoms with E-state index in [1.54, 1.807) is 29.4 Å². The number of nitrogens with two attached hydrogens (primary N) is 1. The SMILES string of the molecule is N#Cc1c(SC(C(N)=O)c2ccncc2)nc(N2CCCN(C=O)CC2)c(C#N)c1C1CC1. The first-order valence-corrected chi connectivity index (χ1v) is 11.6. The van der Waals surface area contributed by atoms with Crippen molar-refractivity contribution in [1.82, 2.24) is 14.9 Å². The third-order valence-corrected chi connectivity index (χ3v) is 7.13. The monoisotopic (exact) mass is 461 g/mol. The van der Waals surface area contributed by atoms with Crippen LogP contribution in [0.5, 0.6) is 0 Å². The number of nitrogens with zero attached hydrogens (tertiary/aromatic N) is 6. The van der Waals surface area contributed by atoms with Gasteiger partial charge in [-0.15, -0.1) is 0 Å². The van der Waals surface area contributed by atoms with E-state index >= 15 is 0 Å². The average Bonchev–Trinajstić information content (AvgIpc) is 3.69. The fourth-order valence-corrected chi connectivity index (χ4v) is 5.12. The molecular formula is C23H23N7O2S. The Hall–Kier alpha value is -3.63. The standard InChI is InChI=1S/C23H23N7O2S/c24-12-17-19(15-2-3-15)18(13-25)23(33-20(21(26)32)16-4-6-27-7-5-16)28-22(17)30-9-1-8-29(14-31)10-11-30/h4-7,14-15,20H,1-3,8-11H2,(H2,26,32). The van der Waals surface area contributed by atoms with Gasteiger partial charge in [0.05, 0.1) is 11.1 Å². The minimum Gasteiger partial charge on any atom is -0.368 e. The maximum absolute atomic E-state index is 12.3. The molecular weight excluding hydrogens is 438 g/mol. The second kappa shape index (κ2) is 9.88. The van der Waals surface area contributed by atoms with Crippen LogP contribution < -0.4 is 10.6 Å². The number of primary amides is 1. The summed E-state index contributed by atoms with van der Waals surface area (Å²) in [4.78, 5) is 36.0. The molecule has 168 valence electrons. The van der Waals surface area contributed by atoms with Crippen molar-refractivity contribution < 1.29 is 9.59 Å². The Labute approximate surface area is 196 Å². The highest BCUT2D eigenvalue weighted by molar-refractivity contribution is 8.00. The summed E-state index contributed by atoms with van der Waals surface area (Å²) in [7, 11) is 0. The molecule has 1 saturated heterocycles. The predicted octanol–water partition coefficient (Wildman–Crippen LogP) is 2.08. The zero-order valence-electron chi connectivity index (χ0n) is 18.0. The van der Waals surface area contributed by atoms with E-state index in [1.165, 1.54) is 0 Å². The van der Waals surface area contributed by atoms with E-state index in [9.17, 15) is 20.1 Å². The van der Waals surface area contributed by atoms with Crippen LogP contribution in [0.15, 0.2) is 29.6 Å². The number of amides is 2. The third kappa shape index (κ3) is 4.76. The van der Waals surface area contributed by atoms with Crippen LogP contribution in [0.4, 0.5) is 5.82 Å². The fraction of sp³-hybridized carbons (Fsp3) is 0.391. The zero-order chi connectivity index (χ0) is 23.4. The number of hydrogen-bond acceptors (Lipinski definition) is 8. The summed E-state index contributed by atoms with van der Waals surface area (Å²) in [5.41, 5.74) is 7.85. The Morgan fingerprint density at radius 3 is 2.48 bits per heavy atom. The first kappa shape index (κ1) is 22.6. The lowest BCUT2D eigenvalue weighted by Gasteiger charge is -2.25.